The topological polar surface area (TPSA) is 49.9 Å². The van der Waals surface area contributed by atoms with Crippen molar-refractivity contribution in [1.82, 2.24) is 9.80 Å². The molecule has 102 valence electrons. The predicted molar refractivity (Wildman–Crippen MR) is 70.9 cm³/mol. The lowest BCUT2D eigenvalue weighted by Crippen LogP contribution is -2.50. The van der Waals surface area contributed by atoms with Gasteiger partial charge in [-0.05, 0) is 19.1 Å². The van der Waals surface area contributed by atoms with Crippen molar-refractivity contribution in [3.05, 3.63) is 35.9 Å². The number of ether oxygens (including phenoxy) is 1. The summed E-state index contributed by atoms with van der Waals surface area (Å²) in [5.41, 5.74) is 0.687. The van der Waals surface area contributed by atoms with Gasteiger partial charge in [0, 0.05) is 31.7 Å². The summed E-state index contributed by atoms with van der Waals surface area (Å²) in [6.45, 7) is 4.31. The van der Waals surface area contributed by atoms with Crippen LogP contribution < -0.4 is 0 Å². The highest BCUT2D eigenvalue weighted by Crippen LogP contribution is 2.09. The van der Waals surface area contributed by atoms with Crippen molar-refractivity contribution >= 4 is 12.0 Å². The fourth-order valence-electron chi connectivity index (χ4n) is 2.07. The molecule has 1 heterocycles. The molecule has 0 atom stereocenters. The van der Waals surface area contributed by atoms with Crippen LogP contribution in [0.3, 0.4) is 0 Å². The molecule has 0 N–H and O–H groups in total. The molecule has 19 heavy (non-hydrogen) atoms. The van der Waals surface area contributed by atoms with Crippen molar-refractivity contribution < 1.29 is 14.3 Å². The molecule has 5 heteroatoms. The van der Waals surface area contributed by atoms with Crippen LogP contribution >= 0.6 is 0 Å². The maximum absolute atomic E-state index is 12.2. The van der Waals surface area contributed by atoms with E-state index in [9.17, 15) is 9.59 Å². The fourth-order valence-corrected chi connectivity index (χ4v) is 2.07. The van der Waals surface area contributed by atoms with Gasteiger partial charge < -0.3 is 14.5 Å². The summed E-state index contributed by atoms with van der Waals surface area (Å²) >= 11 is 0. The molecule has 0 aliphatic carbocycles. The van der Waals surface area contributed by atoms with Crippen LogP contribution in [0, 0.1) is 0 Å². The van der Waals surface area contributed by atoms with E-state index < -0.39 is 0 Å². The number of nitrogens with zero attached hydrogens (tertiary/aromatic N) is 2. The lowest BCUT2D eigenvalue weighted by molar-refractivity contribution is 0.0570. The Labute approximate surface area is 112 Å². The lowest BCUT2D eigenvalue weighted by atomic mass is 10.2. The van der Waals surface area contributed by atoms with Gasteiger partial charge >= 0.3 is 6.09 Å². The molecule has 1 fully saturated rings. The summed E-state index contributed by atoms with van der Waals surface area (Å²) in [6, 6.07) is 9.19. The lowest BCUT2D eigenvalue weighted by Gasteiger charge is -2.34. The van der Waals surface area contributed by atoms with E-state index in [1.807, 2.05) is 18.2 Å². The van der Waals surface area contributed by atoms with Crippen LogP contribution in [-0.4, -0.2) is 54.6 Å². The fraction of sp³-hybridized carbons (Fsp3) is 0.429. The Balaban J connectivity index is 1.90. The first kappa shape index (κ1) is 13.4. The Kier molecular flexibility index (Phi) is 4.39. The van der Waals surface area contributed by atoms with Gasteiger partial charge in [-0.15, -0.1) is 0 Å². The molecule has 2 rings (SSSR count). The Hall–Kier alpha value is -2.04. The molecule has 2 amide bonds. The van der Waals surface area contributed by atoms with Crippen LogP contribution in [0.5, 0.6) is 0 Å². The smallest absolute Gasteiger partial charge is 0.409 e. The van der Waals surface area contributed by atoms with Gasteiger partial charge in [0.25, 0.3) is 5.91 Å². The second kappa shape index (κ2) is 6.22. The normalized spacial score (nSPS) is 15.2. The number of benzene rings is 1. The van der Waals surface area contributed by atoms with Gasteiger partial charge in [-0.3, -0.25) is 4.79 Å². The third kappa shape index (κ3) is 3.24. The Morgan fingerprint density at radius 3 is 2.21 bits per heavy atom. The first-order valence-electron chi connectivity index (χ1n) is 6.48. The Morgan fingerprint density at radius 2 is 1.63 bits per heavy atom. The highest BCUT2D eigenvalue weighted by molar-refractivity contribution is 5.94. The van der Waals surface area contributed by atoms with Crippen LogP contribution in [0.1, 0.15) is 17.3 Å². The van der Waals surface area contributed by atoms with Crippen molar-refractivity contribution in [1.29, 1.82) is 0 Å². The molecular weight excluding hydrogens is 244 g/mol. The van der Waals surface area contributed by atoms with Crippen LogP contribution in [0.4, 0.5) is 4.79 Å². The van der Waals surface area contributed by atoms with E-state index in [1.54, 1.807) is 28.9 Å². The summed E-state index contributed by atoms with van der Waals surface area (Å²) in [6.07, 6.45) is -0.297. The number of amides is 2. The minimum Gasteiger partial charge on any atom is -0.450 e. The molecule has 0 aromatic heterocycles. The summed E-state index contributed by atoms with van der Waals surface area (Å²) in [5, 5.41) is 0. The summed E-state index contributed by atoms with van der Waals surface area (Å²) in [7, 11) is 0. The number of hydrogen-bond acceptors (Lipinski definition) is 3. The van der Waals surface area contributed by atoms with Gasteiger partial charge in [0.05, 0.1) is 6.61 Å². The minimum atomic E-state index is -0.297. The third-order valence-electron chi connectivity index (χ3n) is 3.11. The molecule has 0 unspecified atom stereocenters. The SMILES string of the molecule is CCOC(=O)N1CCN(C(=O)c2ccccc2)CC1. The molecule has 1 aliphatic heterocycles. The van der Waals surface area contributed by atoms with E-state index in [-0.39, 0.29) is 12.0 Å². The zero-order chi connectivity index (χ0) is 13.7. The molecule has 1 saturated heterocycles. The molecule has 0 spiro atoms. The second-order valence-electron chi connectivity index (χ2n) is 4.34. The second-order valence-corrected chi connectivity index (χ2v) is 4.34. The van der Waals surface area contributed by atoms with Crippen molar-refractivity contribution in [3.63, 3.8) is 0 Å². The van der Waals surface area contributed by atoms with Crippen molar-refractivity contribution in [2.75, 3.05) is 32.8 Å². The third-order valence-corrected chi connectivity index (χ3v) is 3.11. The first-order valence-corrected chi connectivity index (χ1v) is 6.48. The molecule has 1 aliphatic rings. The highest BCUT2D eigenvalue weighted by atomic mass is 16.6. The summed E-state index contributed by atoms with van der Waals surface area (Å²) in [4.78, 5) is 27.1. The molecule has 0 bridgehead atoms. The number of piperazine rings is 1. The van der Waals surface area contributed by atoms with Crippen molar-refractivity contribution in [2.24, 2.45) is 0 Å². The maximum atomic E-state index is 12.2. The average Bonchev–Trinajstić information content (AvgIpc) is 2.48. The van der Waals surface area contributed by atoms with E-state index >= 15 is 0 Å². The van der Waals surface area contributed by atoms with Gasteiger partial charge in [-0.2, -0.15) is 0 Å². The zero-order valence-electron chi connectivity index (χ0n) is 11.0. The molecule has 5 nitrogen and oxygen atoms in total. The van der Waals surface area contributed by atoms with Crippen LogP contribution in [0.2, 0.25) is 0 Å². The van der Waals surface area contributed by atoms with E-state index in [1.165, 1.54) is 0 Å². The number of rotatable bonds is 2. The van der Waals surface area contributed by atoms with Gasteiger partial charge in [0.2, 0.25) is 0 Å². The predicted octanol–water partition coefficient (Wildman–Crippen LogP) is 1.60. The monoisotopic (exact) mass is 262 g/mol. The van der Waals surface area contributed by atoms with Crippen LogP contribution in [-0.2, 0) is 4.74 Å². The Morgan fingerprint density at radius 1 is 1.05 bits per heavy atom. The minimum absolute atomic E-state index is 0.0177. The molecule has 0 radical (unpaired) electrons. The first-order chi connectivity index (χ1) is 9.22. The van der Waals surface area contributed by atoms with E-state index in [0.29, 0.717) is 38.3 Å². The van der Waals surface area contributed by atoms with E-state index in [0.717, 1.165) is 0 Å². The van der Waals surface area contributed by atoms with Crippen molar-refractivity contribution in [3.8, 4) is 0 Å². The summed E-state index contributed by atoms with van der Waals surface area (Å²) < 4.78 is 4.95. The average molecular weight is 262 g/mol. The van der Waals surface area contributed by atoms with Gasteiger partial charge in [-0.1, -0.05) is 18.2 Å². The molecular formula is C14H18N2O3. The van der Waals surface area contributed by atoms with Crippen LogP contribution in [0.25, 0.3) is 0 Å². The van der Waals surface area contributed by atoms with E-state index in [2.05, 4.69) is 0 Å². The molecule has 1 aromatic rings. The summed E-state index contributed by atoms with van der Waals surface area (Å²) in [5.74, 6) is 0.0177. The quantitative estimate of drug-likeness (QED) is 0.813. The van der Waals surface area contributed by atoms with E-state index in [4.69, 9.17) is 4.74 Å². The van der Waals surface area contributed by atoms with Gasteiger partial charge in [-0.25, -0.2) is 4.79 Å². The largest absolute Gasteiger partial charge is 0.450 e. The maximum Gasteiger partial charge on any atom is 0.409 e. The van der Waals surface area contributed by atoms with Gasteiger partial charge in [0.1, 0.15) is 0 Å². The standard InChI is InChI=1S/C14H18N2O3/c1-2-19-14(18)16-10-8-15(9-11-16)13(17)12-6-4-3-5-7-12/h3-7H,2,8-11H2,1H3. The Bertz CT molecular complexity index is 439. The number of carbonyl (C=O) groups is 2. The van der Waals surface area contributed by atoms with Gasteiger partial charge in [0.15, 0.2) is 0 Å². The molecule has 1 aromatic carbocycles. The highest BCUT2D eigenvalue weighted by Gasteiger charge is 2.25. The number of carbonyl (C=O) groups excluding carboxylic acids is 2. The van der Waals surface area contributed by atoms with Crippen molar-refractivity contribution in [2.45, 2.75) is 6.92 Å². The van der Waals surface area contributed by atoms with Crippen LogP contribution in [0.15, 0.2) is 30.3 Å². The zero-order valence-corrected chi connectivity index (χ0v) is 11.0. The molecule has 0 saturated carbocycles. The number of hydrogen-bond donors (Lipinski definition) is 0.